The van der Waals surface area contributed by atoms with Gasteiger partial charge in [-0.1, -0.05) is 19.4 Å². The Morgan fingerprint density at radius 3 is 2.59 bits per heavy atom. The molecule has 0 unspecified atom stereocenters. The molecule has 0 bridgehead atoms. The molecule has 0 amide bonds. The first-order valence-corrected chi connectivity index (χ1v) is 8.51. The Bertz CT molecular complexity index is 556. The molecule has 0 radical (unpaired) electrons. The largest absolute Gasteiger partial charge is 0.446 e. The number of ketones is 1. The van der Waals surface area contributed by atoms with Gasteiger partial charge in [0.05, 0.1) is 10.9 Å². The summed E-state index contributed by atoms with van der Waals surface area (Å²) in [5.74, 6) is -0.192. The molecule has 22 heavy (non-hydrogen) atoms. The summed E-state index contributed by atoms with van der Waals surface area (Å²) in [7, 11) is 0. The highest BCUT2D eigenvalue weighted by molar-refractivity contribution is 8.03. The molecule has 0 aliphatic heterocycles. The summed E-state index contributed by atoms with van der Waals surface area (Å²) in [4.78, 5) is 12.4. The summed E-state index contributed by atoms with van der Waals surface area (Å²) in [5, 5.41) is 10.8. The molecule has 0 aromatic carbocycles. The van der Waals surface area contributed by atoms with Gasteiger partial charge in [-0.15, -0.1) is 11.3 Å². The van der Waals surface area contributed by atoms with Crippen molar-refractivity contribution in [2.45, 2.75) is 44.5 Å². The van der Waals surface area contributed by atoms with Gasteiger partial charge in [-0.2, -0.15) is 18.4 Å². The van der Waals surface area contributed by atoms with Crippen LogP contribution in [0, 0.1) is 11.3 Å². The standard InChI is InChI=1S/C15H16F3NOS2/c1-2-3-5-11(10-19)13(22-15(16,17)18)8-7-12(20)14-6-4-9-21-14/h4,6,9H,2-3,5,7-8H2,1H3/b13-11+. The van der Waals surface area contributed by atoms with Crippen molar-refractivity contribution in [3.63, 3.8) is 0 Å². The zero-order chi connectivity index (χ0) is 16.6. The Kier molecular flexibility index (Phi) is 7.69. The van der Waals surface area contributed by atoms with Crippen molar-refractivity contribution in [2.24, 2.45) is 0 Å². The van der Waals surface area contributed by atoms with Crippen LogP contribution in [-0.4, -0.2) is 11.3 Å². The number of Topliss-reactive ketones (excluding diaryl/α,β-unsaturated/α-hetero) is 1. The van der Waals surface area contributed by atoms with Gasteiger partial charge in [0.15, 0.2) is 5.78 Å². The topological polar surface area (TPSA) is 40.9 Å². The molecule has 1 aromatic rings. The predicted molar refractivity (Wildman–Crippen MR) is 83.7 cm³/mol. The van der Waals surface area contributed by atoms with E-state index in [1.807, 2.05) is 13.0 Å². The second kappa shape index (κ2) is 9.01. The van der Waals surface area contributed by atoms with Crippen molar-refractivity contribution in [3.8, 4) is 6.07 Å². The summed E-state index contributed by atoms with van der Waals surface area (Å²) in [6, 6.07) is 5.24. The molecule has 0 aliphatic carbocycles. The smallest absolute Gasteiger partial charge is 0.293 e. The van der Waals surface area contributed by atoms with Crippen molar-refractivity contribution in [1.82, 2.24) is 0 Å². The summed E-state index contributed by atoms with van der Waals surface area (Å²) < 4.78 is 38.0. The van der Waals surface area contributed by atoms with Crippen molar-refractivity contribution in [2.75, 3.05) is 0 Å². The zero-order valence-corrected chi connectivity index (χ0v) is 13.7. The van der Waals surface area contributed by atoms with E-state index < -0.39 is 5.51 Å². The maximum atomic E-state index is 12.7. The van der Waals surface area contributed by atoms with E-state index in [2.05, 4.69) is 0 Å². The van der Waals surface area contributed by atoms with Crippen LogP contribution in [-0.2, 0) is 0 Å². The van der Waals surface area contributed by atoms with Gasteiger partial charge in [-0.05, 0) is 42.5 Å². The van der Waals surface area contributed by atoms with E-state index in [-0.39, 0.29) is 40.9 Å². The fraction of sp³-hybridized carbons (Fsp3) is 0.467. The number of allylic oxidation sites excluding steroid dienone is 2. The number of thiophene rings is 1. The fourth-order valence-electron chi connectivity index (χ4n) is 1.80. The molecule has 0 saturated carbocycles. The van der Waals surface area contributed by atoms with Gasteiger partial charge in [-0.25, -0.2) is 0 Å². The lowest BCUT2D eigenvalue weighted by molar-refractivity contribution is -0.0322. The quantitative estimate of drug-likeness (QED) is 0.432. The third kappa shape index (κ3) is 6.67. The van der Waals surface area contributed by atoms with Crippen LogP contribution in [0.25, 0.3) is 0 Å². The molecule has 0 aliphatic rings. The molecule has 0 N–H and O–H groups in total. The number of nitrogens with zero attached hydrogens (tertiary/aromatic N) is 1. The van der Waals surface area contributed by atoms with Crippen LogP contribution in [0.15, 0.2) is 28.0 Å². The summed E-state index contributed by atoms with van der Waals surface area (Å²) >= 11 is 0.997. The molecule has 0 saturated heterocycles. The first-order chi connectivity index (χ1) is 10.4. The van der Waals surface area contributed by atoms with E-state index in [9.17, 15) is 18.0 Å². The molecule has 1 heterocycles. The van der Waals surface area contributed by atoms with Crippen molar-refractivity contribution < 1.29 is 18.0 Å². The maximum Gasteiger partial charge on any atom is 0.446 e. The third-order valence-electron chi connectivity index (χ3n) is 2.87. The second-order valence-electron chi connectivity index (χ2n) is 4.57. The zero-order valence-electron chi connectivity index (χ0n) is 12.1. The number of hydrogen-bond acceptors (Lipinski definition) is 4. The molecular formula is C15H16F3NOS2. The summed E-state index contributed by atoms with van der Waals surface area (Å²) in [5.41, 5.74) is -4.31. The highest BCUT2D eigenvalue weighted by Gasteiger charge is 2.31. The van der Waals surface area contributed by atoms with E-state index in [1.165, 1.54) is 11.3 Å². The minimum Gasteiger partial charge on any atom is -0.293 e. The third-order valence-corrected chi connectivity index (χ3v) is 4.71. The number of rotatable bonds is 8. The Balaban J connectivity index is 2.83. The number of thioether (sulfide) groups is 1. The fourth-order valence-corrected chi connectivity index (χ4v) is 3.25. The number of hydrogen-bond donors (Lipinski definition) is 0. The Morgan fingerprint density at radius 1 is 1.36 bits per heavy atom. The minimum atomic E-state index is -4.45. The van der Waals surface area contributed by atoms with Gasteiger partial charge in [0.1, 0.15) is 0 Å². The van der Waals surface area contributed by atoms with Gasteiger partial charge in [0, 0.05) is 16.9 Å². The number of nitriles is 1. The molecule has 1 rings (SSSR count). The summed E-state index contributed by atoms with van der Waals surface area (Å²) in [6.07, 6.45) is 1.70. The Morgan fingerprint density at radius 2 is 2.09 bits per heavy atom. The van der Waals surface area contributed by atoms with Crippen LogP contribution >= 0.6 is 23.1 Å². The van der Waals surface area contributed by atoms with E-state index in [0.29, 0.717) is 17.7 Å². The van der Waals surface area contributed by atoms with Crippen LogP contribution in [0.1, 0.15) is 48.7 Å². The van der Waals surface area contributed by atoms with Gasteiger partial charge in [0.25, 0.3) is 0 Å². The Hall–Kier alpha value is -1.26. The summed E-state index contributed by atoms with van der Waals surface area (Å²) in [6.45, 7) is 1.91. The van der Waals surface area contributed by atoms with Gasteiger partial charge in [-0.3, -0.25) is 4.79 Å². The predicted octanol–water partition coefficient (Wildman–Crippen LogP) is 5.93. The van der Waals surface area contributed by atoms with Crippen LogP contribution in [0.5, 0.6) is 0 Å². The molecule has 0 atom stereocenters. The van der Waals surface area contributed by atoms with E-state index in [1.54, 1.807) is 17.5 Å². The number of halogens is 3. The second-order valence-corrected chi connectivity index (χ2v) is 6.67. The van der Waals surface area contributed by atoms with Crippen LogP contribution in [0.2, 0.25) is 0 Å². The van der Waals surface area contributed by atoms with Crippen LogP contribution < -0.4 is 0 Å². The average molecular weight is 347 g/mol. The molecule has 0 fully saturated rings. The molecule has 2 nitrogen and oxygen atoms in total. The monoisotopic (exact) mass is 347 g/mol. The van der Waals surface area contributed by atoms with E-state index >= 15 is 0 Å². The van der Waals surface area contributed by atoms with Gasteiger partial charge >= 0.3 is 5.51 Å². The first kappa shape index (κ1) is 18.8. The van der Waals surface area contributed by atoms with E-state index in [4.69, 9.17) is 5.26 Å². The molecule has 0 spiro atoms. The van der Waals surface area contributed by atoms with Crippen molar-refractivity contribution in [3.05, 3.63) is 32.9 Å². The number of unbranched alkanes of at least 4 members (excludes halogenated alkanes) is 1. The highest BCUT2D eigenvalue weighted by atomic mass is 32.2. The Labute approximate surface area is 136 Å². The lowest BCUT2D eigenvalue weighted by atomic mass is 10.1. The highest BCUT2D eigenvalue weighted by Crippen LogP contribution is 2.40. The van der Waals surface area contributed by atoms with Crippen molar-refractivity contribution >= 4 is 28.9 Å². The SMILES string of the molecule is CCCC/C(C#N)=C(/CCC(=O)c1cccs1)SC(F)(F)F. The maximum absolute atomic E-state index is 12.7. The van der Waals surface area contributed by atoms with Crippen LogP contribution in [0.3, 0.4) is 0 Å². The van der Waals surface area contributed by atoms with E-state index in [0.717, 1.165) is 6.42 Å². The minimum absolute atomic E-state index is 0.0176. The lowest BCUT2D eigenvalue weighted by Crippen LogP contribution is -2.04. The van der Waals surface area contributed by atoms with Gasteiger partial charge < -0.3 is 0 Å². The van der Waals surface area contributed by atoms with Gasteiger partial charge in [0.2, 0.25) is 0 Å². The molecule has 7 heteroatoms. The molecule has 1 aromatic heterocycles. The molecule has 120 valence electrons. The number of carbonyl (C=O) groups excluding carboxylic acids is 1. The lowest BCUT2D eigenvalue weighted by Gasteiger charge is -2.12. The molecular weight excluding hydrogens is 331 g/mol. The number of carbonyl (C=O) groups is 1. The number of alkyl halides is 3. The van der Waals surface area contributed by atoms with Crippen molar-refractivity contribution in [1.29, 1.82) is 5.26 Å². The first-order valence-electron chi connectivity index (χ1n) is 6.82. The van der Waals surface area contributed by atoms with Crippen LogP contribution in [0.4, 0.5) is 13.2 Å². The normalized spacial score (nSPS) is 12.7. The average Bonchev–Trinajstić information content (AvgIpc) is 2.97.